The summed E-state index contributed by atoms with van der Waals surface area (Å²) >= 11 is 0. The average molecular weight is 880 g/mol. The molecule has 3 aliphatic heterocycles. The summed E-state index contributed by atoms with van der Waals surface area (Å²) in [6.07, 6.45) is -34.4. The largest absolute Gasteiger partial charge is 0.477 e. The number of carbonyl (C=O) groups excluding carboxylic acids is 3. The van der Waals surface area contributed by atoms with Gasteiger partial charge in [0.25, 0.3) is 5.79 Å². The SMILES string of the molecule is CC(=O)N[C@H]1[C@@H](O[C@@H]2[C@H](O[C@]3(C(=O)O)C[C@H](O)[C@@H](NC(C)=O)[C@H]([C@H](O)[C@H](O)CO)O3)[C@@H](O)[C@H](O[C@@H]([C@@H](O)[C@H](O)CO)[C@H](CO)NC(C)=O)O[C@@H]2CO)O[C@H](CO)[C@@H](O)[C@@H]1O. The number of hydrogen-bond donors (Lipinski definition) is 17. The van der Waals surface area contributed by atoms with Gasteiger partial charge in [-0.15, -0.1) is 0 Å². The van der Waals surface area contributed by atoms with Crippen molar-refractivity contribution in [3.05, 3.63) is 0 Å². The first-order chi connectivity index (χ1) is 28.1. The lowest BCUT2D eigenvalue weighted by Gasteiger charge is -2.52. The quantitative estimate of drug-likeness (QED) is 0.0540. The predicted molar refractivity (Wildman–Crippen MR) is 188 cm³/mol. The number of carbonyl (C=O) groups is 4. The van der Waals surface area contributed by atoms with E-state index in [2.05, 4.69) is 16.0 Å². The number of carboxylic acids is 1. The molecular formula is C33H57N3O24. The predicted octanol–water partition coefficient (Wildman–Crippen LogP) is -10.5. The van der Waals surface area contributed by atoms with Crippen molar-refractivity contribution in [2.75, 3.05) is 33.0 Å². The molecule has 60 heavy (non-hydrogen) atoms. The number of aliphatic hydroxyl groups excluding tert-OH is 13. The Morgan fingerprint density at radius 1 is 0.717 bits per heavy atom. The molecule has 3 heterocycles. The van der Waals surface area contributed by atoms with Crippen LogP contribution in [-0.4, -0.2) is 250 Å². The van der Waals surface area contributed by atoms with Crippen LogP contribution in [0.2, 0.25) is 0 Å². The normalized spacial score (nSPS) is 37.8. The highest BCUT2D eigenvalue weighted by Crippen LogP contribution is 2.39. The molecule has 0 bridgehead atoms. The van der Waals surface area contributed by atoms with Crippen LogP contribution in [0.15, 0.2) is 0 Å². The highest BCUT2D eigenvalue weighted by Gasteiger charge is 2.61. The van der Waals surface area contributed by atoms with Gasteiger partial charge in [0.15, 0.2) is 12.6 Å². The molecule has 20 atom stereocenters. The minimum Gasteiger partial charge on any atom is -0.477 e. The fraction of sp³-hybridized carbons (Fsp3) is 0.879. The van der Waals surface area contributed by atoms with Gasteiger partial charge in [-0.1, -0.05) is 0 Å². The Bertz CT molecular complexity index is 1420. The van der Waals surface area contributed by atoms with E-state index in [9.17, 15) is 90.7 Å². The van der Waals surface area contributed by atoms with Crippen LogP contribution in [0.3, 0.4) is 0 Å². The van der Waals surface area contributed by atoms with Crippen LogP contribution < -0.4 is 16.0 Å². The molecule has 0 saturated carbocycles. The summed E-state index contributed by atoms with van der Waals surface area (Å²) in [6, 6.07) is -5.04. The van der Waals surface area contributed by atoms with Crippen molar-refractivity contribution >= 4 is 23.7 Å². The van der Waals surface area contributed by atoms with E-state index in [4.69, 9.17) is 28.4 Å². The van der Waals surface area contributed by atoms with Gasteiger partial charge < -0.3 is 116 Å². The smallest absolute Gasteiger partial charge is 0.364 e. The molecule has 0 radical (unpaired) electrons. The van der Waals surface area contributed by atoms with E-state index in [-0.39, 0.29) is 0 Å². The zero-order valence-corrected chi connectivity index (χ0v) is 32.6. The molecule has 3 amide bonds. The Hall–Kier alpha value is -2.88. The van der Waals surface area contributed by atoms with E-state index in [1.54, 1.807) is 0 Å². The van der Waals surface area contributed by atoms with Gasteiger partial charge in [-0.05, 0) is 0 Å². The third-order valence-electron chi connectivity index (χ3n) is 10.0. The van der Waals surface area contributed by atoms with E-state index in [1.165, 1.54) is 0 Å². The molecule has 3 rings (SSSR count). The molecule has 0 aromatic heterocycles. The lowest BCUT2D eigenvalue weighted by Crippen LogP contribution is -2.72. The number of ether oxygens (including phenoxy) is 6. The number of aliphatic hydroxyl groups is 13. The molecule has 3 aliphatic rings. The summed E-state index contributed by atoms with van der Waals surface area (Å²) in [4.78, 5) is 49.5. The minimum atomic E-state index is -3.27. The number of carboxylic acid groups (broad SMARTS) is 1. The maximum atomic E-state index is 13.2. The van der Waals surface area contributed by atoms with Crippen LogP contribution in [0.1, 0.15) is 27.2 Å². The zero-order valence-electron chi connectivity index (χ0n) is 32.6. The number of rotatable bonds is 20. The van der Waals surface area contributed by atoms with Gasteiger partial charge in [-0.3, -0.25) is 14.4 Å². The average Bonchev–Trinajstić information content (AvgIpc) is 3.19. The molecule has 27 heteroatoms. The molecule has 348 valence electrons. The van der Waals surface area contributed by atoms with E-state index in [0.29, 0.717) is 0 Å². The van der Waals surface area contributed by atoms with Gasteiger partial charge in [0.1, 0.15) is 85.4 Å². The van der Waals surface area contributed by atoms with Crippen LogP contribution >= 0.6 is 0 Å². The zero-order chi connectivity index (χ0) is 45.4. The van der Waals surface area contributed by atoms with Crippen LogP contribution in [0.25, 0.3) is 0 Å². The highest BCUT2D eigenvalue weighted by atomic mass is 16.8. The topological polar surface area (TPSA) is 443 Å². The first-order valence-electron chi connectivity index (χ1n) is 18.6. The number of nitrogens with one attached hydrogen (secondary N) is 3. The van der Waals surface area contributed by atoms with Crippen LogP contribution in [-0.2, 0) is 47.6 Å². The molecule has 27 nitrogen and oxygen atoms in total. The summed E-state index contributed by atoms with van der Waals surface area (Å²) in [7, 11) is 0. The van der Waals surface area contributed by atoms with Crippen molar-refractivity contribution in [3.63, 3.8) is 0 Å². The molecule has 0 aromatic rings. The van der Waals surface area contributed by atoms with Crippen molar-refractivity contribution in [2.24, 2.45) is 0 Å². The summed E-state index contributed by atoms with van der Waals surface area (Å²) in [5, 5.41) is 154. The van der Waals surface area contributed by atoms with Crippen LogP contribution in [0, 0.1) is 0 Å². The molecular weight excluding hydrogens is 822 g/mol. The van der Waals surface area contributed by atoms with Crippen molar-refractivity contribution in [3.8, 4) is 0 Å². The molecule has 3 saturated heterocycles. The van der Waals surface area contributed by atoms with Gasteiger partial charge >= 0.3 is 5.97 Å². The number of amides is 3. The molecule has 0 spiro atoms. The summed E-state index contributed by atoms with van der Waals surface area (Å²) in [6.45, 7) is -2.43. The van der Waals surface area contributed by atoms with Gasteiger partial charge in [0.2, 0.25) is 17.7 Å². The Labute approximate surface area is 340 Å². The summed E-state index contributed by atoms with van der Waals surface area (Å²) < 4.78 is 34.7. The number of aliphatic carboxylic acids is 1. The van der Waals surface area contributed by atoms with E-state index in [0.717, 1.165) is 20.8 Å². The van der Waals surface area contributed by atoms with Gasteiger partial charge in [-0.2, -0.15) is 0 Å². The molecule has 17 N–H and O–H groups in total. The van der Waals surface area contributed by atoms with Crippen molar-refractivity contribution in [1.29, 1.82) is 0 Å². The standard InChI is InChI=1S/C33H57N3O24/c1-10(42)34-13(5-37)26(21(48)15(46)6-38)57-31-25(52)29(27(18(9-41)56-31)58-30-20(36-12(3)44)24(51)23(50)17(8-40)55-30)60-33(32(53)54)4-14(45)19(35-11(2)43)28(59-33)22(49)16(47)7-39/h13-31,37-41,45-52H,4-9H2,1-3H3,(H,34,42)(H,35,43)(H,36,44)(H,53,54)/t13-,14-,15+,16+,17+,18+,19+,20+,21-,22+,23+,24+,25+,26+,27-,28+,29+,30+,31-,33-/m0/s1. The third kappa shape index (κ3) is 12.0. The van der Waals surface area contributed by atoms with Gasteiger partial charge in [-0.25, -0.2) is 4.79 Å². The van der Waals surface area contributed by atoms with Crippen molar-refractivity contribution < 1.29 is 119 Å². The maximum absolute atomic E-state index is 13.2. The van der Waals surface area contributed by atoms with Gasteiger partial charge in [0, 0.05) is 27.2 Å². The summed E-state index contributed by atoms with van der Waals surface area (Å²) in [5.74, 6) is -7.85. The lowest BCUT2D eigenvalue weighted by molar-refractivity contribution is -0.393. The van der Waals surface area contributed by atoms with Crippen molar-refractivity contribution in [2.45, 2.75) is 149 Å². The maximum Gasteiger partial charge on any atom is 0.364 e. The van der Waals surface area contributed by atoms with E-state index >= 15 is 0 Å². The second kappa shape index (κ2) is 22.5. The Balaban J connectivity index is 2.24. The second-order valence-electron chi connectivity index (χ2n) is 14.5. The third-order valence-corrected chi connectivity index (χ3v) is 10.0. The Kier molecular flexibility index (Phi) is 19.3. The van der Waals surface area contributed by atoms with Crippen LogP contribution in [0.5, 0.6) is 0 Å². The summed E-state index contributed by atoms with van der Waals surface area (Å²) in [5.41, 5.74) is 0. The van der Waals surface area contributed by atoms with Gasteiger partial charge in [0.05, 0.1) is 51.2 Å². The van der Waals surface area contributed by atoms with Crippen molar-refractivity contribution in [1.82, 2.24) is 16.0 Å². The molecule has 0 aliphatic carbocycles. The second-order valence-corrected chi connectivity index (χ2v) is 14.5. The van der Waals surface area contributed by atoms with Crippen LogP contribution in [0.4, 0.5) is 0 Å². The first kappa shape index (κ1) is 51.5. The fourth-order valence-electron chi connectivity index (χ4n) is 7.05. The Morgan fingerprint density at radius 3 is 1.78 bits per heavy atom. The van der Waals surface area contributed by atoms with E-state index in [1.807, 2.05) is 0 Å². The lowest BCUT2D eigenvalue weighted by atomic mass is 9.88. The monoisotopic (exact) mass is 879 g/mol. The molecule has 0 aromatic carbocycles. The highest BCUT2D eigenvalue weighted by molar-refractivity contribution is 5.77. The molecule has 3 fully saturated rings. The van der Waals surface area contributed by atoms with E-state index < -0.39 is 185 Å². The fourth-order valence-corrected chi connectivity index (χ4v) is 7.05. The first-order valence-corrected chi connectivity index (χ1v) is 18.6. The molecule has 0 unspecified atom stereocenters. The minimum absolute atomic E-state index is 0.812. The number of hydrogen-bond acceptors (Lipinski definition) is 23. The Morgan fingerprint density at radius 2 is 1.28 bits per heavy atom.